The number of aliphatic hydroxyl groups is 2. The van der Waals surface area contributed by atoms with E-state index in [0.717, 1.165) is 19.3 Å². The molecule has 0 aliphatic carbocycles. The van der Waals surface area contributed by atoms with E-state index in [4.69, 9.17) is 8.85 Å². The summed E-state index contributed by atoms with van der Waals surface area (Å²) in [6.45, 7) is 39.6. The van der Waals surface area contributed by atoms with Crippen molar-refractivity contribution in [2.45, 2.75) is 169 Å². The van der Waals surface area contributed by atoms with Crippen molar-refractivity contribution in [1.29, 1.82) is 0 Å². The molecule has 0 rings (SSSR count). The minimum absolute atomic E-state index is 0.00477. The van der Waals surface area contributed by atoms with Crippen LogP contribution in [0.5, 0.6) is 0 Å². The van der Waals surface area contributed by atoms with Gasteiger partial charge in [-0.3, -0.25) is 4.79 Å². The molecule has 286 valence electrons. The zero-order valence-electron chi connectivity index (χ0n) is 34.3. The zero-order valence-corrected chi connectivity index (χ0v) is 38.5. The van der Waals surface area contributed by atoms with Crippen molar-refractivity contribution in [2.75, 3.05) is 0 Å². The molecule has 0 aromatic rings. The Morgan fingerprint density at radius 1 is 0.796 bits per heavy atom. The Morgan fingerprint density at radius 2 is 1.33 bits per heavy atom. The molecule has 0 aromatic carbocycles. The van der Waals surface area contributed by atoms with E-state index in [0.29, 0.717) is 5.92 Å². The van der Waals surface area contributed by atoms with Crippen LogP contribution in [0.4, 0.5) is 0 Å². The lowest BCUT2D eigenvalue weighted by atomic mass is 9.82. The fraction of sp³-hybridized carbons (Fsp3) is 0.780. The highest BCUT2D eigenvalue weighted by molar-refractivity contribution is 14.1. The largest absolute Gasteiger partial charge is 0.414 e. The van der Waals surface area contributed by atoms with Gasteiger partial charge in [0.2, 0.25) is 0 Å². The molecule has 49 heavy (non-hydrogen) atoms. The summed E-state index contributed by atoms with van der Waals surface area (Å²) < 4.78 is 16.0. The molecule has 0 spiro atoms. The topological polar surface area (TPSA) is 76.0 Å². The quantitative estimate of drug-likeness (QED) is 0.0492. The zero-order chi connectivity index (χ0) is 38.5. The molecule has 0 aromatic heterocycles. The summed E-state index contributed by atoms with van der Waals surface area (Å²) in [5, 5.41) is 22.0. The Kier molecular flexibility index (Phi) is 21.2. The number of rotatable bonds is 22. The maximum Gasteiger partial charge on any atom is 0.192 e. The van der Waals surface area contributed by atoms with Crippen LogP contribution < -0.4 is 0 Å². The van der Waals surface area contributed by atoms with Gasteiger partial charge in [-0.1, -0.05) is 143 Å². The Morgan fingerprint density at radius 3 is 1.82 bits per heavy atom. The van der Waals surface area contributed by atoms with E-state index in [1.54, 1.807) is 12.2 Å². The first-order valence-electron chi connectivity index (χ1n) is 18.7. The summed E-state index contributed by atoms with van der Waals surface area (Å²) in [6.07, 6.45) is 13.0. The molecule has 10 atom stereocenters. The third kappa shape index (κ3) is 16.9. The van der Waals surface area contributed by atoms with Crippen molar-refractivity contribution >= 4 is 45.0 Å². The number of halogens is 1. The Bertz CT molecular complexity index is 1070. The van der Waals surface area contributed by atoms with Crippen LogP contribution in [0.3, 0.4) is 0 Å². The Labute approximate surface area is 319 Å². The van der Waals surface area contributed by atoms with Gasteiger partial charge < -0.3 is 19.1 Å². The van der Waals surface area contributed by atoms with Crippen molar-refractivity contribution < 1.29 is 23.9 Å². The second-order valence-corrected chi connectivity index (χ2v) is 28.3. The number of ketones is 1. The van der Waals surface area contributed by atoms with Crippen molar-refractivity contribution in [3.8, 4) is 0 Å². The van der Waals surface area contributed by atoms with Gasteiger partial charge in [0.1, 0.15) is 0 Å². The number of carbonyl (C=O) groups is 1. The number of hydrogen-bond acceptors (Lipinski definition) is 5. The SMILES string of the molecule is C=C/C=C\[C@H](C)[C@H](O)[C@@H](C)[C@@H](CC[C@H](C)C[C@H](C)[C@@H](O[Si](C)(C)C(C)(C)C)[C@@H](C)/C=C\C(=O)C[C@H](O)[C@H](C)/C=C/I)O[Si](C)(C)C(C)(C)C. The van der Waals surface area contributed by atoms with Crippen molar-refractivity contribution in [3.63, 3.8) is 0 Å². The molecule has 0 unspecified atom stereocenters. The number of carbonyl (C=O) groups excluding carboxylic acids is 1. The maximum atomic E-state index is 12.8. The van der Waals surface area contributed by atoms with E-state index in [9.17, 15) is 15.0 Å². The van der Waals surface area contributed by atoms with Crippen molar-refractivity contribution in [2.24, 2.45) is 35.5 Å². The number of hydrogen-bond donors (Lipinski definition) is 2. The Hall–Kier alpha value is -0.366. The standard InChI is InChI=1S/C41H77IO5Si2/c1-18-19-20-31(4)38(45)34(7)37(46-48(14,15)40(8,9)10)24-21-29(2)27-33(6)39(47-49(16,17)41(11,12)13)32(5)22-23-35(43)28-36(44)30(3)25-26-42/h18-20,22-23,25-26,29-34,36-39,44-45H,1,21,24,27-28H2,2-17H3/b20-19-,23-22-,26-25+/t29-,30+,31-,32-,33-,34-,36-,37+,38-,39-/m0/s1. The van der Waals surface area contributed by atoms with Crippen LogP contribution in [0.2, 0.25) is 36.3 Å². The molecule has 0 fully saturated rings. The molecule has 0 aliphatic rings. The summed E-state index contributed by atoms with van der Waals surface area (Å²) in [5.74, 6) is 0.597. The highest BCUT2D eigenvalue weighted by Crippen LogP contribution is 2.42. The molecule has 2 N–H and O–H groups in total. The first-order valence-corrected chi connectivity index (χ1v) is 25.8. The molecule has 0 radical (unpaired) electrons. The van der Waals surface area contributed by atoms with E-state index in [1.807, 2.05) is 35.3 Å². The summed E-state index contributed by atoms with van der Waals surface area (Å²) in [4.78, 5) is 12.8. The summed E-state index contributed by atoms with van der Waals surface area (Å²) >= 11 is 2.14. The molecule has 0 saturated carbocycles. The lowest BCUT2D eigenvalue weighted by Crippen LogP contribution is -2.48. The Balaban J connectivity index is 6.08. The van der Waals surface area contributed by atoms with Crippen LogP contribution in [-0.4, -0.2) is 57.0 Å². The highest BCUT2D eigenvalue weighted by Gasteiger charge is 2.43. The first-order chi connectivity index (χ1) is 22.2. The molecule has 0 amide bonds. The molecule has 0 heterocycles. The molecule has 0 aliphatic heterocycles. The molecule has 0 saturated heterocycles. The van der Waals surface area contributed by atoms with Gasteiger partial charge in [-0.15, -0.1) is 0 Å². The number of aliphatic hydroxyl groups excluding tert-OH is 2. The van der Waals surface area contributed by atoms with Crippen LogP contribution >= 0.6 is 22.6 Å². The first kappa shape index (κ1) is 48.6. The fourth-order valence-corrected chi connectivity index (χ4v) is 9.30. The lowest BCUT2D eigenvalue weighted by molar-refractivity contribution is -0.116. The van der Waals surface area contributed by atoms with Crippen LogP contribution in [-0.2, 0) is 13.6 Å². The van der Waals surface area contributed by atoms with Gasteiger partial charge in [0.15, 0.2) is 22.4 Å². The van der Waals surface area contributed by atoms with Gasteiger partial charge in [0, 0.05) is 24.2 Å². The minimum atomic E-state index is -2.10. The average molecular weight is 833 g/mol. The second-order valence-electron chi connectivity index (χ2n) is 18.1. The summed E-state index contributed by atoms with van der Waals surface area (Å²) in [6, 6.07) is 0. The van der Waals surface area contributed by atoms with Gasteiger partial charge in [0.25, 0.3) is 0 Å². The van der Waals surface area contributed by atoms with Gasteiger partial charge >= 0.3 is 0 Å². The van der Waals surface area contributed by atoms with Gasteiger partial charge in [-0.25, -0.2) is 0 Å². The summed E-state index contributed by atoms with van der Waals surface area (Å²) in [5.41, 5.74) is 0. The normalized spacial score (nSPS) is 20.1. The smallest absolute Gasteiger partial charge is 0.192 e. The predicted octanol–water partition coefficient (Wildman–Crippen LogP) is 11.7. The van der Waals surface area contributed by atoms with E-state index >= 15 is 0 Å². The molecular formula is C41H77IO5Si2. The summed E-state index contributed by atoms with van der Waals surface area (Å²) in [7, 11) is -4.18. The van der Waals surface area contributed by atoms with Crippen LogP contribution in [0.1, 0.15) is 109 Å². The van der Waals surface area contributed by atoms with Gasteiger partial charge in [-0.2, -0.15) is 0 Å². The van der Waals surface area contributed by atoms with E-state index in [-0.39, 0.29) is 64.1 Å². The molecule has 8 heteroatoms. The van der Waals surface area contributed by atoms with E-state index in [1.165, 1.54) is 0 Å². The molecule has 0 bridgehead atoms. The lowest BCUT2D eigenvalue weighted by Gasteiger charge is -2.43. The fourth-order valence-electron chi connectivity index (χ4n) is 5.72. The van der Waals surface area contributed by atoms with E-state index < -0.39 is 28.8 Å². The molecular weight excluding hydrogens is 756 g/mol. The third-order valence-corrected chi connectivity index (χ3v) is 20.9. The second kappa shape index (κ2) is 21.4. The average Bonchev–Trinajstić information content (AvgIpc) is 2.97. The van der Waals surface area contributed by atoms with Crippen molar-refractivity contribution in [3.05, 3.63) is 47.1 Å². The maximum absolute atomic E-state index is 12.8. The van der Waals surface area contributed by atoms with E-state index in [2.05, 4.69) is 132 Å². The van der Waals surface area contributed by atoms with Crippen LogP contribution in [0, 0.1) is 35.5 Å². The van der Waals surface area contributed by atoms with Gasteiger partial charge in [0.05, 0.1) is 24.4 Å². The monoisotopic (exact) mass is 832 g/mol. The minimum Gasteiger partial charge on any atom is -0.414 e. The van der Waals surface area contributed by atoms with Crippen molar-refractivity contribution in [1.82, 2.24) is 0 Å². The third-order valence-electron chi connectivity index (χ3n) is 11.5. The van der Waals surface area contributed by atoms with Gasteiger partial charge in [-0.05, 0) is 83.4 Å². The highest BCUT2D eigenvalue weighted by atomic mass is 127. The van der Waals surface area contributed by atoms with Crippen LogP contribution in [0.15, 0.2) is 47.1 Å². The van der Waals surface area contributed by atoms with Crippen LogP contribution in [0.25, 0.3) is 0 Å². The predicted molar refractivity (Wildman–Crippen MR) is 226 cm³/mol. The molecule has 5 nitrogen and oxygen atoms in total. The number of allylic oxidation sites excluding steroid dienone is 3.